The number of nitrogens with zero attached hydrogens (tertiary/aromatic N) is 3. The molecule has 1 aromatic heterocycles. The minimum absolute atomic E-state index is 0.0658. The molecule has 0 saturated carbocycles. The van der Waals surface area contributed by atoms with Crippen LogP contribution < -0.4 is 10.1 Å². The largest absolute Gasteiger partial charge is 0.497 e. The molecular formula is C20H23ClN4O3. The number of ether oxygens (including phenoxy) is 1. The van der Waals surface area contributed by atoms with Crippen LogP contribution in [0.3, 0.4) is 0 Å². The summed E-state index contributed by atoms with van der Waals surface area (Å²) < 4.78 is 5.35. The number of likely N-dealkylation sites (N-methyl/N-ethyl adjacent to an activating group) is 1. The molecule has 0 spiro atoms. The molecule has 2 aromatic carbocycles. The number of fused-ring (bicyclic) bond motifs is 2. The smallest absolute Gasteiger partial charge is 0.295 e. The normalized spacial score (nSPS) is 11.3. The number of pyridine rings is 1. The van der Waals surface area contributed by atoms with E-state index in [-0.39, 0.29) is 11.2 Å². The van der Waals surface area contributed by atoms with Gasteiger partial charge in [-0.05, 0) is 37.4 Å². The molecule has 0 aliphatic heterocycles. The van der Waals surface area contributed by atoms with E-state index in [1.54, 1.807) is 25.3 Å². The van der Waals surface area contributed by atoms with Crippen molar-refractivity contribution in [2.75, 3.05) is 38.6 Å². The first kappa shape index (κ1) is 20.1. The highest BCUT2D eigenvalue weighted by atomic mass is 35.5. The van der Waals surface area contributed by atoms with E-state index in [9.17, 15) is 10.1 Å². The summed E-state index contributed by atoms with van der Waals surface area (Å²) in [6.45, 7) is 7.66. The van der Waals surface area contributed by atoms with Crippen molar-refractivity contribution in [2.24, 2.45) is 0 Å². The summed E-state index contributed by atoms with van der Waals surface area (Å²) >= 11 is 6.46. The van der Waals surface area contributed by atoms with Crippen LogP contribution in [0.25, 0.3) is 21.8 Å². The van der Waals surface area contributed by atoms with Gasteiger partial charge in [0.2, 0.25) is 0 Å². The van der Waals surface area contributed by atoms with Gasteiger partial charge in [-0.2, -0.15) is 0 Å². The van der Waals surface area contributed by atoms with Crippen LogP contribution in [0.4, 0.5) is 11.4 Å². The number of nitro benzene ring substituents is 1. The van der Waals surface area contributed by atoms with E-state index >= 15 is 0 Å². The van der Waals surface area contributed by atoms with Crippen LogP contribution in [-0.4, -0.2) is 48.1 Å². The molecular weight excluding hydrogens is 380 g/mol. The molecule has 0 unspecified atom stereocenters. The van der Waals surface area contributed by atoms with E-state index in [0.717, 1.165) is 30.7 Å². The van der Waals surface area contributed by atoms with Gasteiger partial charge in [0.25, 0.3) is 5.69 Å². The molecule has 3 aromatic rings. The third kappa shape index (κ3) is 3.81. The van der Waals surface area contributed by atoms with Gasteiger partial charge in [-0.25, -0.2) is 4.98 Å². The van der Waals surface area contributed by atoms with Crippen LogP contribution >= 0.6 is 11.6 Å². The van der Waals surface area contributed by atoms with Gasteiger partial charge < -0.3 is 15.0 Å². The number of aromatic nitrogens is 1. The summed E-state index contributed by atoms with van der Waals surface area (Å²) in [7, 11) is 1.60. The van der Waals surface area contributed by atoms with Crippen molar-refractivity contribution in [3.05, 3.63) is 45.5 Å². The minimum atomic E-state index is -0.430. The second-order valence-electron chi connectivity index (χ2n) is 6.37. The zero-order valence-electron chi connectivity index (χ0n) is 16.2. The van der Waals surface area contributed by atoms with Gasteiger partial charge in [-0.3, -0.25) is 10.1 Å². The van der Waals surface area contributed by atoms with Crippen LogP contribution in [0.15, 0.2) is 30.3 Å². The molecule has 0 aliphatic rings. The molecule has 0 amide bonds. The number of benzene rings is 2. The number of rotatable bonds is 8. The molecule has 0 radical (unpaired) electrons. The van der Waals surface area contributed by atoms with Gasteiger partial charge in [0, 0.05) is 29.9 Å². The summed E-state index contributed by atoms with van der Waals surface area (Å²) in [6.07, 6.45) is 0. The van der Waals surface area contributed by atoms with E-state index in [0.29, 0.717) is 28.2 Å². The molecule has 148 valence electrons. The third-order valence-electron chi connectivity index (χ3n) is 4.88. The van der Waals surface area contributed by atoms with Crippen molar-refractivity contribution in [1.29, 1.82) is 0 Å². The Kier molecular flexibility index (Phi) is 6.16. The predicted octanol–water partition coefficient (Wildman–Crippen LogP) is 4.71. The molecule has 0 bridgehead atoms. The van der Waals surface area contributed by atoms with Crippen LogP contribution in [0, 0.1) is 10.1 Å². The van der Waals surface area contributed by atoms with Crippen molar-refractivity contribution in [1.82, 2.24) is 9.88 Å². The monoisotopic (exact) mass is 402 g/mol. The summed E-state index contributed by atoms with van der Waals surface area (Å²) in [4.78, 5) is 17.9. The molecule has 28 heavy (non-hydrogen) atoms. The average molecular weight is 403 g/mol. The lowest BCUT2D eigenvalue weighted by molar-refractivity contribution is -0.383. The fourth-order valence-corrected chi connectivity index (χ4v) is 3.56. The fourth-order valence-electron chi connectivity index (χ4n) is 3.31. The van der Waals surface area contributed by atoms with Crippen molar-refractivity contribution in [3.63, 3.8) is 0 Å². The first-order valence-electron chi connectivity index (χ1n) is 9.20. The van der Waals surface area contributed by atoms with Crippen molar-refractivity contribution in [3.8, 4) is 5.75 Å². The highest BCUT2D eigenvalue weighted by Gasteiger charge is 2.21. The van der Waals surface area contributed by atoms with E-state index in [1.807, 2.05) is 6.07 Å². The standard InChI is InChI=1S/C20H23ClN4O3/c1-4-24(5-2)11-10-22-19-14-12-13(28-3)6-8-16(14)23-20-17(25(26)27)9-7-15(21)18(19)20/h6-9,12H,4-5,10-11H2,1-3H3,(H,22,23). The molecule has 7 nitrogen and oxygen atoms in total. The Morgan fingerprint density at radius 2 is 2.00 bits per heavy atom. The Labute approximate surface area is 168 Å². The predicted molar refractivity (Wildman–Crippen MR) is 114 cm³/mol. The zero-order chi connectivity index (χ0) is 20.3. The van der Waals surface area contributed by atoms with Gasteiger partial charge in [0.05, 0.1) is 28.3 Å². The lowest BCUT2D eigenvalue weighted by Gasteiger charge is -2.20. The molecule has 0 fully saturated rings. The first-order chi connectivity index (χ1) is 13.5. The second-order valence-corrected chi connectivity index (χ2v) is 6.78. The Bertz CT molecular complexity index is 1020. The number of nitrogens with one attached hydrogen (secondary N) is 1. The Balaban J connectivity index is 2.22. The number of anilines is 1. The zero-order valence-corrected chi connectivity index (χ0v) is 16.9. The van der Waals surface area contributed by atoms with Crippen molar-refractivity contribution >= 4 is 44.8 Å². The molecule has 0 saturated heterocycles. The van der Waals surface area contributed by atoms with Gasteiger partial charge in [-0.1, -0.05) is 25.4 Å². The Hall–Kier alpha value is -2.64. The molecule has 0 aliphatic carbocycles. The fraction of sp³-hybridized carbons (Fsp3) is 0.350. The average Bonchev–Trinajstić information content (AvgIpc) is 2.70. The van der Waals surface area contributed by atoms with Crippen LogP contribution in [0.2, 0.25) is 5.02 Å². The highest BCUT2D eigenvalue weighted by molar-refractivity contribution is 6.37. The Morgan fingerprint density at radius 3 is 2.64 bits per heavy atom. The number of non-ortho nitro benzene ring substituents is 1. The maximum absolute atomic E-state index is 11.5. The second kappa shape index (κ2) is 8.58. The van der Waals surface area contributed by atoms with Crippen LogP contribution in [0.1, 0.15) is 13.8 Å². The number of hydrogen-bond acceptors (Lipinski definition) is 6. The minimum Gasteiger partial charge on any atom is -0.497 e. The van der Waals surface area contributed by atoms with Crippen molar-refractivity contribution in [2.45, 2.75) is 13.8 Å². The molecule has 1 N–H and O–H groups in total. The van der Waals surface area contributed by atoms with Gasteiger partial charge in [-0.15, -0.1) is 0 Å². The Morgan fingerprint density at radius 1 is 1.25 bits per heavy atom. The molecule has 8 heteroatoms. The van der Waals surface area contributed by atoms with Gasteiger partial charge in [0.1, 0.15) is 5.75 Å². The summed E-state index contributed by atoms with van der Waals surface area (Å²) in [5.74, 6) is 0.682. The summed E-state index contributed by atoms with van der Waals surface area (Å²) in [6, 6.07) is 8.40. The molecule has 0 atom stereocenters. The maximum atomic E-state index is 11.5. The lowest BCUT2D eigenvalue weighted by Crippen LogP contribution is -2.28. The summed E-state index contributed by atoms with van der Waals surface area (Å²) in [5.41, 5.74) is 1.59. The topological polar surface area (TPSA) is 80.5 Å². The van der Waals surface area contributed by atoms with E-state index in [2.05, 4.69) is 29.0 Å². The summed E-state index contributed by atoms with van der Waals surface area (Å²) in [5, 5.41) is 16.8. The number of halogens is 1. The van der Waals surface area contributed by atoms with Gasteiger partial charge in [0.15, 0.2) is 5.52 Å². The SMILES string of the molecule is CCN(CC)CCNc1c2cc(OC)ccc2nc2c([N+](=O)[O-])ccc(Cl)c12. The highest BCUT2D eigenvalue weighted by Crippen LogP contribution is 2.40. The first-order valence-corrected chi connectivity index (χ1v) is 9.58. The quantitative estimate of drug-likeness (QED) is 0.334. The lowest BCUT2D eigenvalue weighted by atomic mass is 10.1. The van der Waals surface area contributed by atoms with E-state index in [4.69, 9.17) is 16.3 Å². The van der Waals surface area contributed by atoms with E-state index in [1.165, 1.54) is 6.07 Å². The third-order valence-corrected chi connectivity index (χ3v) is 5.20. The molecule has 1 heterocycles. The van der Waals surface area contributed by atoms with Crippen LogP contribution in [-0.2, 0) is 0 Å². The number of methoxy groups -OCH3 is 1. The van der Waals surface area contributed by atoms with Crippen LogP contribution in [0.5, 0.6) is 5.75 Å². The van der Waals surface area contributed by atoms with Gasteiger partial charge >= 0.3 is 0 Å². The number of hydrogen-bond donors (Lipinski definition) is 1. The maximum Gasteiger partial charge on any atom is 0.295 e. The van der Waals surface area contributed by atoms with Crippen molar-refractivity contribution < 1.29 is 9.66 Å². The molecule has 3 rings (SSSR count). The van der Waals surface area contributed by atoms with E-state index < -0.39 is 4.92 Å². The number of nitro groups is 1.